The first kappa shape index (κ1) is 24.8. The highest BCUT2D eigenvalue weighted by Crippen LogP contribution is 2.47. The van der Waals surface area contributed by atoms with E-state index in [1.54, 1.807) is 21.3 Å². The van der Waals surface area contributed by atoms with Crippen LogP contribution in [-0.4, -0.2) is 27.1 Å². The van der Waals surface area contributed by atoms with Crippen LogP contribution in [0.5, 0.6) is 17.2 Å². The van der Waals surface area contributed by atoms with Crippen LogP contribution >= 0.6 is 0 Å². The van der Waals surface area contributed by atoms with Crippen LogP contribution < -0.4 is 24.8 Å². The van der Waals surface area contributed by atoms with Crippen LogP contribution in [0.1, 0.15) is 61.3 Å². The second-order valence-corrected chi connectivity index (χ2v) is 9.95. The van der Waals surface area contributed by atoms with E-state index in [2.05, 4.69) is 54.8 Å². The summed E-state index contributed by atoms with van der Waals surface area (Å²) in [6, 6.07) is 20.4. The normalized spacial score (nSPS) is 18.8. The maximum Gasteiger partial charge on any atom is 0.203 e. The number of para-hydroxylation sites is 2. The van der Waals surface area contributed by atoms with E-state index in [-0.39, 0.29) is 17.7 Å². The summed E-state index contributed by atoms with van der Waals surface area (Å²) in [5.74, 6) is 2.28. The van der Waals surface area contributed by atoms with Crippen LogP contribution in [0.2, 0.25) is 0 Å². The Hall–Kier alpha value is -3.93. The molecule has 0 aromatic heterocycles. The van der Waals surface area contributed by atoms with Crippen molar-refractivity contribution in [3.8, 4) is 17.2 Å². The fourth-order valence-electron chi connectivity index (χ4n) is 5.39. The van der Waals surface area contributed by atoms with Gasteiger partial charge in [-0.25, -0.2) is 0 Å². The van der Waals surface area contributed by atoms with E-state index in [0.717, 1.165) is 33.8 Å². The van der Waals surface area contributed by atoms with E-state index in [0.29, 0.717) is 36.0 Å². The molecule has 3 aromatic rings. The topological polar surface area (TPSA) is 68.8 Å². The second-order valence-electron chi connectivity index (χ2n) is 9.95. The van der Waals surface area contributed by atoms with Crippen LogP contribution in [0.3, 0.4) is 0 Å². The lowest BCUT2D eigenvalue weighted by Gasteiger charge is -2.30. The molecule has 6 nitrogen and oxygen atoms in total. The highest BCUT2D eigenvalue weighted by molar-refractivity contribution is 6.01. The molecule has 0 saturated carbocycles. The van der Waals surface area contributed by atoms with Crippen molar-refractivity contribution in [3.63, 3.8) is 0 Å². The zero-order valence-corrected chi connectivity index (χ0v) is 22.1. The van der Waals surface area contributed by atoms with Crippen molar-refractivity contribution in [2.24, 2.45) is 0 Å². The Morgan fingerprint density at radius 3 is 2.05 bits per heavy atom. The standard InChI is InChI=1S/C31H34N2O4/c1-18(2)19-10-12-20(13-11-19)30-29-25(32-23-8-6-7-9-24(23)33-30)14-21(15-26(29)34)22-16-27(35-3)31(37-5)28(17-22)36-4/h6-13,16-18,21,30,32-33H,14-15H2,1-5H3/t21-,30-/m0/s1. The first-order valence-electron chi connectivity index (χ1n) is 12.7. The summed E-state index contributed by atoms with van der Waals surface area (Å²) in [4.78, 5) is 13.9. The van der Waals surface area contributed by atoms with Crippen molar-refractivity contribution in [1.29, 1.82) is 0 Å². The van der Waals surface area contributed by atoms with Gasteiger partial charge in [-0.2, -0.15) is 0 Å². The smallest absolute Gasteiger partial charge is 0.203 e. The summed E-state index contributed by atoms with van der Waals surface area (Å²) in [6.45, 7) is 4.38. The van der Waals surface area contributed by atoms with E-state index in [9.17, 15) is 4.79 Å². The van der Waals surface area contributed by atoms with Gasteiger partial charge >= 0.3 is 0 Å². The van der Waals surface area contributed by atoms with Crippen molar-refractivity contribution in [2.75, 3.05) is 32.0 Å². The quantitative estimate of drug-likeness (QED) is 0.389. The molecule has 2 N–H and O–H groups in total. The van der Waals surface area contributed by atoms with Crippen LogP contribution in [0, 0.1) is 0 Å². The van der Waals surface area contributed by atoms with Crippen LogP contribution in [0.4, 0.5) is 11.4 Å². The van der Waals surface area contributed by atoms with Gasteiger partial charge < -0.3 is 24.8 Å². The van der Waals surface area contributed by atoms with Crippen molar-refractivity contribution < 1.29 is 19.0 Å². The van der Waals surface area contributed by atoms with Crippen molar-refractivity contribution >= 4 is 17.2 Å². The van der Waals surface area contributed by atoms with Gasteiger partial charge in [0.25, 0.3) is 0 Å². The number of hydrogen-bond acceptors (Lipinski definition) is 6. The summed E-state index contributed by atoms with van der Waals surface area (Å²) in [5.41, 5.74) is 7.04. The molecule has 0 spiro atoms. The number of carbonyl (C=O) groups is 1. The van der Waals surface area contributed by atoms with Gasteiger partial charge in [0.1, 0.15) is 0 Å². The number of ether oxygens (including phenoxy) is 3. The third-order valence-electron chi connectivity index (χ3n) is 7.40. The zero-order chi connectivity index (χ0) is 26.1. The van der Waals surface area contributed by atoms with Crippen molar-refractivity contribution in [3.05, 3.63) is 88.6 Å². The SMILES string of the molecule is COc1cc([C@@H]2CC(=O)C3=C(C2)Nc2ccccc2N[C@H]3c2ccc(C(C)C)cc2)cc(OC)c1OC. The number of allylic oxidation sites excluding steroid dienone is 1. The summed E-state index contributed by atoms with van der Waals surface area (Å²) < 4.78 is 16.7. The average molecular weight is 499 g/mol. The van der Waals surface area contributed by atoms with E-state index in [1.165, 1.54) is 5.56 Å². The molecule has 5 rings (SSSR count). The third kappa shape index (κ3) is 4.64. The van der Waals surface area contributed by atoms with E-state index in [4.69, 9.17) is 14.2 Å². The fraction of sp³-hybridized carbons (Fsp3) is 0.323. The summed E-state index contributed by atoms with van der Waals surface area (Å²) in [7, 11) is 4.81. The Morgan fingerprint density at radius 2 is 1.46 bits per heavy atom. The molecule has 3 aromatic carbocycles. The van der Waals surface area contributed by atoms with Gasteiger partial charge in [0.05, 0.1) is 38.7 Å². The predicted octanol–water partition coefficient (Wildman–Crippen LogP) is 6.82. The third-order valence-corrected chi connectivity index (χ3v) is 7.40. The summed E-state index contributed by atoms with van der Waals surface area (Å²) in [5, 5.41) is 7.27. The molecular formula is C31H34N2O4. The fourth-order valence-corrected chi connectivity index (χ4v) is 5.39. The minimum Gasteiger partial charge on any atom is -0.493 e. The highest BCUT2D eigenvalue weighted by Gasteiger charge is 2.36. The maximum absolute atomic E-state index is 13.9. The monoisotopic (exact) mass is 498 g/mol. The second kappa shape index (κ2) is 10.2. The van der Waals surface area contributed by atoms with Gasteiger partial charge in [0.2, 0.25) is 5.75 Å². The molecule has 0 amide bonds. The number of Topliss-reactive ketones (excluding diaryl/α,β-unsaturated/α-hetero) is 1. The van der Waals surface area contributed by atoms with Crippen molar-refractivity contribution in [2.45, 2.75) is 44.6 Å². The number of carbonyl (C=O) groups excluding carboxylic acids is 1. The van der Waals surface area contributed by atoms with Crippen LogP contribution in [-0.2, 0) is 4.79 Å². The molecule has 2 atom stereocenters. The van der Waals surface area contributed by atoms with E-state index in [1.807, 2.05) is 30.3 Å². The van der Waals surface area contributed by atoms with Gasteiger partial charge in [-0.1, -0.05) is 50.2 Å². The average Bonchev–Trinajstić information content (AvgIpc) is 3.09. The lowest BCUT2D eigenvalue weighted by molar-refractivity contribution is -0.116. The number of hydrogen-bond donors (Lipinski definition) is 2. The number of anilines is 2. The summed E-state index contributed by atoms with van der Waals surface area (Å²) >= 11 is 0. The molecule has 1 aliphatic carbocycles. The largest absolute Gasteiger partial charge is 0.493 e. The minimum atomic E-state index is -0.235. The Morgan fingerprint density at radius 1 is 0.811 bits per heavy atom. The molecule has 0 unspecified atom stereocenters. The number of benzene rings is 3. The van der Waals surface area contributed by atoms with Gasteiger partial charge in [0, 0.05) is 17.7 Å². The molecule has 192 valence electrons. The maximum atomic E-state index is 13.9. The van der Waals surface area contributed by atoms with E-state index >= 15 is 0 Å². The lowest BCUT2D eigenvalue weighted by Crippen LogP contribution is -2.27. The van der Waals surface area contributed by atoms with E-state index < -0.39 is 0 Å². The lowest BCUT2D eigenvalue weighted by atomic mass is 9.78. The van der Waals surface area contributed by atoms with Gasteiger partial charge in [-0.05, 0) is 59.2 Å². The molecule has 6 heteroatoms. The molecule has 2 aliphatic rings. The Bertz CT molecular complexity index is 1320. The molecule has 1 aliphatic heterocycles. The Balaban J connectivity index is 1.58. The number of fused-ring (bicyclic) bond motifs is 1. The minimum absolute atomic E-state index is 0.0262. The zero-order valence-electron chi connectivity index (χ0n) is 22.1. The van der Waals surface area contributed by atoms with Gasteiger partial charge in [0.15, 0.2) is 17.3 Å². The molecular weight excluding hydrogens is 464 g/mol. The Kier molecular flexibility index (Phi) is 6.83. The van der Waals surface area contributed by atoms with Crippen LogP contribution in [0.25, 0.3) is 0 Å². The summed E-state index contributed by atoms with van der Waals surface area (Å²) in [6.07, 6.45) is 1.09. The first-order valence-corrected chi connectivity index (χ1v) is 12.7. The van der Waals surface area contributed by atoms with Crippen molar-refractivity contribution in [1.82, 2.24) is 0 Å². The predicted molar refractivity (Wildman–Crippen MR) is 147 cm³/mol. The highest BCUT2D eigenvalue weighted by atomic mass is 16.5. The number of methoxy groups -OCH3 is 3. The number of rotatable bonds is 6. The number of ketones is 1. The molecule has 0 radical (unpaired) electrons. The molecule has 0 bridgehead atoms. The number of nitrogens with one attached hydrogen (secondary N) is 2. The molecule has 0 fully saturated rings. The van der Waals surface area contributed by atoms with Crippen LogP contribution in [0.15, 0.2) is 71.9 Å². The van der Waals surface area contributed by atoms with Gasteiger partial charge in [-0.3, -0.25) is 4.79 Å². The van der Waals surface area contributed by atoms with Gasteiger partial charge in [-0.15, -0.1) is 0 Å². The molecule has 1 heterocycles. The Labute approximate surface area is 218 Å². The molecule has 37 heavy (non-hydrogen) atoms. The molecule has 0 saturated heterocycles. The first-order chi connectivity index (χ1) is 17.9.